The van der Waals surface area contributed by atoms with Crippen molar-refractivity contribution in [2.45, 2.75) is 130 Å². The fourth-order valence-corrected chi connectivity index (χ4v) is 4.41. The fraction of sp³-hybridized carbons (Fsp3) is 0.920. The first-order valence-corrected chi connectivity index (χ1v) is 12.4. The highest BCUT2D eigenvalue weighted by Gasteiger charge is 2.33. The molecule has 0 heterocycles. The lowest BCUT2D eigenvalue weighted by Gasteiger charge is -2.28. The molecule has 1 saturated carbocycles. The molecule has 1 rings (SSSR count). The Morgan fingerprint density at radius 3 is 1.90 bits per heavy atom. The second-order valence-corrected chi connectivity index (χ2v) is 9.44. The molecule has 1 fully saturated rings. The van der Waals surface area contributed by atoms with Crippen molar-refractivity contribution in [1.82, 2.24) is 0 Å². The number of ether oxygens (including phenoxy) is 1. The van der Waals surface area contributed by atoms with Gasteiger partial charge in [0.2, 0.25) is 0 Å². The van der Waals surface area contributed by atoms with Crippen molar-refractivity contribution in [3.63, 3.8) is 0 Å². The summed E-state index contributed by atoms with van der Waals surface area (Å²) >= 11 is 0. The van der Waals surface area contributed by atoms with Gasteiger partial charge >= 0.3 is 11.9 Å². The molecule has 1 N–H and O–H groups in total. The van der Waals surface area contributed by atoms with Gasteiger partial charge in [-0.2, -0.15) is 0 Å². The van der Waals surface area contributed by atoms with Gasteiger partial charge in [-0.3, -0.25) is 9.59 Å². The first-order chi connectivity index (χ1) is 14.0. The summed E-state index contributed by atoms with van der Waals surface area (Å²) in [4.78, 5) is 23.8. The summed E-state index contributed by atoms with van der Waals surface area (Å²) in [5.74, 6) is -1.25. The quantitative estimate of drug-likeness (QED) is 0.217. The lowest BCUT2D eigenvalue weighted by atomic mass is 9.81. The normalized spacial score (nSPS) is 20.6. The Morgan fingerprint density at radius 1 is 0.862 bits per heavy atom. The second-order valence-electron chi connectivity index (χ2n) is 9.44. The highest BCUT2D eigenvalue weighted by atomic mass is 16.5. The van der Waals surface area contributed by atoms with E-state index in [9.17, 15) is 14.7 Å². The summed E-state index contributed by atoms with van der Waals surface area (Å²) in [6, 6.07) is 0. The molecule has 4 heteroatoms. The molecule has 0 aliphatic heterocycles. The van der Waals surface area contributed by atoms with Crippen LogP contribution >= 0.6 is 0 Å². The van der Waals surface area contributed by atoms with Crippen LogP contribution in [0.5, 0.6) is 0 Å². The molecule has 1 aliphatic rings. The number of unbranched alkanes of at least 4 members (excludes halogenated alkanes) is 10. The summed E-state index contributed by atoms with van der Waals surface area (Å²) in [6.07, 6.45) is 18.1. The third-order valence-electron chi connectivity index (χ3n) is 6.46. The van der Waals surface area contributed by atoms with Gasteiger partial charge in [-0.25, -0.2) is 0 Å². The summed E-state index contributed by atoms with van der Waals surface area (Å²) < 4.78 is 5.84. The van der Waals surface area contributed by atoms with E-state index in [1.807, 2.05) is 0 Å². The van der Waals surface area contributed by atoms with Gasteiger partial charge in [0, 0.05) is 0 Å². The lowest BCUT2D eigenvalue weighted by molar-refractivity contribution is -0.159. The van der Waals surface area contributed by atoms with Gasteiger partial charge in [0.05, 0.1) is 11.8 Å². The van der Waals surface area contributed by atoms with E-state index in [0.29, 0.717) is 18.8 Å². The van der Waals surface area contributed by atoms with E-state index in [1.54, 1.807) is 0 Å². The highest BCUT2D eigenvalue weighted by molar-refractivity contribution is 5.75. The monoisotopic (exact) mass is 410 g/mol. The zero-order valence-corrected chi connectivity index (χ0v) is 19.3. The van der Waals surface area contributed by atoms with Gasteiger partial charge in [-0.1, -0.05) is 91.4 Å². The summed E-state index contributed by atoms with van der Waals surface area (Å²) in [5, 5.41) is 9.22. The molecule has 0 bridgehead atoms. The SMILES string of the molecule is CCCCCCCCCCCCCC(OC(=O)C1CCCC(C(=O)O)C1)C(C)C. The van der Waals surface area contributed by atoms with Crippen LogP contribution in [0.15, 0.2) is 0 Å². The third kappa shape index (κ3) is 11.6. The Bertz CT molecular complexity index is 446. The number of hydrogen-bond donors (Lipinski definition) is 1. The largest absolute Gasteiger partial charge is 0.481 e. The van der Waals surface area contributed by atoms with Crippen molar-refractivity contribution in [2.24, 2.45) is 17.8 Å². The molecule has 0 amide bonds. The Morgan fingerprint density at radius 2 is 1.38 bits per heavy atom. The molecule has 4 nitrogen and oxygen atoms in total. The molecule has 3 unspecified atom stereocenters. The molecular formula is C25H46O4. The molecule has 0 aromatic heterocycles. The number of carbonyl (C=O) groups excluding carboxylic acids is 1. The van der Waals surface area contributed by atoms with E-state index in [4.69, 9.17) is 4.74 Å². The van der Waals surface area contributed by atoms with Crippen LogP contribution in [0.2, 0.25) is 0 Å². The topological polar surface area (TPSA) is 63.6 Å². The van der Waals surface area contributed by atoms with Crippen molar-refractivity contribution >= 4 is 11.9 Å². The minimum atomic E-state index is -0.774. The standard InChI is InChI=1S/C25H46O4/c1-4-5-6-7-8-9-10-11-12-13-14-18-23(20(2)3)29-25(28)22-17-15-16-21(19-22)24(26)27/h20-23H,4-19H2,1-3H3,(H,26,27). The van der Waals surface area contributed by atoms with Gasteiger partial charge in [0.25, 0.3) is 0 Å². The number of carboxylic acids is 1. The zero-order valence-electron chi connectivity index (χ0n) is 19.3. The Kier molecular flexibility index (Phi) is 14.1. The fourth-order valence-electron chi connectivity index (χ4n) is 4.41. The number of rotatable bonds is 16. The Labute approximate surface area is 179 Å². The van der Waals surface area contributed by atoms with E-state index in [2.05, 4.69) is 20.8 Å². The Hall–Kier alpha value is -1.06. The average molecular weight is 411 g/mol. The summed E-state index contributed by atoms with van der Waals surface area (Å²) in [6.45, 7) is 6.48. The van der Waals surface area contributed by atoms with E-state index >= 15 is 0 Å². The molecule has 0 saturated heterocycles. The first kappa shape index (κ1) is 26.0. The molecule has 170 valence electrons. The third-order valence-corrected chi connectivity index (χ3v) is 6.46. The van der Waals surface area contributed by atoms with Crippen LogP contribution in [-0.2, 0) is 14.3 Å². The predicted molar refractivity (Wildman–Crippen MR) is 119 cm³/mol. The number of hydrogen-bond acceptors (Lipinski definition) is 3. The summed E-state index contributed by atoms with van der Waals surface area (Å²) in [7, 11) is 0. The van der Waals surface area contributed by atoms with Crippen molar-refractivity contribution in [1.29, 1.82) is 0 Å². The molecule has 0 aromatic carbocycles. The lowest BCUT2D eigenvalue weighted by Crippen LogP contribution is -2.32. The van der Waals surface area contributed by atoms with E-state index in [1.165, 1.54) is 64.2 Å². The maximum atomic E-state index is 12.6. The first-order valence-electron chi connectivity index (χ1n) is 12.4. The van der Waals surface area contributed by atoms with Gasteiger partial charge < -0.3 is 9.84 Å². The number of carbonyl (C=O) groups is 2. The van der Waals surface area contributed by atoms with Crippen LogP contribution in [-0.4, -0.2) is 23.1 Å². The maximum absolute atomic E-state index is 12.6. The average Bonchev–Trinajstić information content (AvgIpc) is 2.70. The maximum Gasteiger partial charge on any atom is 0.309 e. The van der Waals surface area contributed by atoms with Gasteiger partial charge in [-0.05, 0) is 38.0 Å². The molecule has 0 radical (unpaired) electrons. The minimum absolute atomic E-state index is 0.0359. The van der Waals surface area contributed by atoms with Gasteiger partial charge in [0.1, 0.15) is 6.10 Å². The predicted octanol–water partition coefficient (Wildman–Crippen LogP) is 7.15. The van der Waals surface area contributed by atoms with Crippen LogP contribution in [0.25, 0.3) is 0 Å². The van der Waals surface area contributed by atoms with Crippen molar-refractivity contribution in [2.75, 3.05) is 0 Å². The van der Waals surface area contributed by atoms with Crippen molar-refractivity contribution in [3.8, 4) is 0 Å². The van der Waals surface area contributed by atoms with Crippen molar-refractivity contribution in [3.05, 3.63) is 0 Å². The smallest absolute Gasteiger partial charge is 0.309 e. The number of esters is 1. The van der Waals surface area contributed by atoms with E-state index < -0.39 is 5.97 Å². The van der Waals surface area contributed by atoms with E-state index in [-0.39, 0.29) is 23.9 Å². The number of aliphatic carboxylic acids is 1. The van der Waals surface area contributed by atoms with Crippen LogP contribution < -0.4 is 0 Å². The second kappa shape index (κ2) is 15.7. The molecule has 3 atom stereocenters. The van der Waals surface area contributed by atoms with Crippen LogP contribution in [0.4, 0.5) is 0 Å². The van der Waals surface area contributed by atoms with Crippen LogP contribution in [0.1, 0.15) is 124 Å². The van der Waals surface area contributed by atoms with Gasteiger partial charge in [-0.15, -0.1) is 0 Å². The van der Waals surface area contributed by atoms with Crippen LogP contribution in [0, 0.1) is 17.8 Å². The van der Waals surface area contributed by atoms with Gasteiger partial charge in [0.15, 0.2) is 0 Å². The van der Waals surface area contributed by atoms with E-state index in [0.717, 1.165) is 25.7 Å². The Balaban J connectivity index is 2.17. The molecule has 0 aromatic rings. The minimum Gasteiger partial charge on any atom is -0.481 e. The zero-order chi connectivity index (χ0) is 21.5. The molecule has 29 heavy (non-hydrogen) atoms. The number of carboxylic acid groups (broad SMARTS) is 1. The molecule has 0 spiro atoms. The van der Waals surface area contributed by atoms with Crippen molar-refractivity contribution < 1.29 is 19.4 Å². The molecule has 1 aliphatic carbocycles. The highest BCUT2D eigenvalue weighted by Crippen LogP contribution is 2.31. The van der Waals surface area contributed by atoms with Crippen LogP contribution in [0.3, 0.4) is 0 Å². The molecular weight excluding hydrogens is 364 g/mol. The summed E-state index contributed by atoms with van der Waals surface area (Å²) in [5.41, 5.74) is 0.